The average Bonchev–Trinajstić information content (AvgIpc) is 3.00. The quantitative estimate of drug-likeness (QED) is 0.747. The van der Waals surface area contributed by atoms with Crippen molar-refractivity contribution in [3.05, 3.63) is 60.7 Å². The van der Waals surface area contributed by atoms with Crippen LogP contribution in [0.3, 0.4) is 0 Å². The van der Waals surface area contributed by atoms with E-state index >= 15 is 0 Å². The van der Waals surface area contributed by atoms with Gasteiger partial charge in [-0.2, -0.15) is 5.10 Å². The molecule has 0 saturated carbocycles. The normalized spacial score (nSPS) is 10.3. The number of anilines is 1. The Hall–Kier alpha value is -2.69. The number of nitrogens with zero attached hydrogens (tertiary/aromatic N) is 3. The largest absolute Gasteiger partial charge is 0.377 e. The van der Waals surface area contributed by atoms with Gasteiger partial charge in [0.1, 0.15) is 0 Å². The van der Waals surface area contributed by atoms with E-state index in [0.717, 1.165) is 22.8 Å². The molecule has 5 heteroatoms. The summed E-state index contributed by atoms with van der Waals surface area (Å²) in [4.78, 5) is 8.70. The Bertz CT molecular complexity index is 617. The van der Waals surface area contributed by atoms with Crippen molar-refractivity contribution in [2.24, 2.45) is 0 Å². The van der Waals surface area contributed by atoms with Crippen LogP contribution in [0.4, 0.5) is 5.69 Å². The van der Waals surface area contributed by atoms with Gasteiger partial charge in [-0.15, -0.1) is 0 Å². The van der Waals surface area contributed by atoms with E-state index in [0.29, 0.717) is 6.54 Å². The first-order valence-corrected chi connectivity index (χ1v) is 6.01. The van der Waals surface area contributed by atoms with E-state index in [9.17, 15) is 0 Å². The molecule has 94 valence electrons. The lowest BCUT2D eigenvalue weighted by Gasteiger charge is -2.05. The Morgan fingerprint density at radius 3 is 2.47 bits per heavy atom. The molecule has 0 fully saturated rings. The Kier molecular flexibility index (Phi) is 3.18. The smallest absolute Gasteiger partial charge is 0.159 e. The number of aromatic nitrogens is 4. The maximum absolute atomic E-state index is 4.35. The second-order valence-electron chi connectivity index (χ2n) is 4.10. The topological polar surface area (TPSA) is 66.5 Å². The molecule has 3 rings (SSSR count). The Morgan fingerprint density at radius 2 is 1.79 bits per heavy atom. The van der Waals surface area contributed by atoms with Gasteiger partial charge in [0.25, 0.3) is 0 Å². The number of hydrogen-bond acceptors (Lipinski definition) is 4. The van der Waals surface area contributed by atoms with Crippen molar-refractivity contribution in [2.45, 2.75) is 6.54 Å². The SMILES string of the molecule is c1ccc(-c2ncc(NCc3ccn[nH]3)cn2)cc1. The highest BCUT2D eigenvalue weighted by Gasteiger charge is 2.00. The first-order valence-electron chi connectivity index (χ1n) is 6.01. The van der Waals surface area contributed by atoms with E-state index < -0.39 is 0 Å². The van der Waals surface area contributed by atoms with Crippen molar-refractivity contribution < 1.29 is 0 Å². The molecule has 0 aliphatic rings. The molecule has 0 atom stereocenters. The lowest BCUT2D eigenvalue weighted by atomic mass is 10.2. The third kappa shape index (κ3) is 2.77. The highest BCUT2D eigenvalue weighted by Crippen LogP contribution is 2.14. The number of rotatable bonds is 4. The molecule has 0 aliphatic carbocycles. The monoisotopic (exact) mass is 251 g/mol. The predicted octanol–water partition coefficient (Wildman–Crippen LogP) is 2.48. The minimum Gasteiger partial charge on any atom is -0.377 e. The third-order valence-corrected chi connectivity index (χ3v) is 2.73. The average molecular weight is 251 g/mol. The minimum atomic E-state index is 0.675. The summed E-state index contributed by atoms with van der Waals surface area (Å²) in [5, 5.41) is 10.0. The summed E-state index contributed by atoms with van der Waals surface area (Å²) in [7, 11) is 0. The van der Waals surface area contributed by atoms with Crippen molar-refractivity contribution in [3.63, 3.8) is 0 Å². The molecular weight excluding hydrogens is 238 g/mol. The molecule has 1 aromatic carbocycles. The van der Waals surface area contributed by atoms with Gasteiger partial charge in [-0.25, -0.2) is 9.97 Å². The van der Waals surface area contributed by atoms with Crippen molar-refractivity contribution in [2.75, 3.05) is 5.32 Å². The fourth-order valence-electron chi connectivity index (χ4n) is 1.74. The fourth-order valence-corrected chi connectivity index (χ4v) is 1.74. The molecule has 2 heterocycles. The van der Waals surface area contributed by atoms with Crippen LogP contribution in [0.15, 0.2) is 55.0 Å². The first kappa shape index (κ1) is 11.4. The second kappa shape index (κ2) is 5.30. The van der Waals surface area contributed by atoms with Gasteiger partial charge in [-0.3, -0.25) is 5.10 Å². The molecule has 0 radical (unpaired) electrons. The van der Waals surface area contributed by atoms with Crippen LogP contribution in [0.2, 0.25) is 0 Å². The van der Waals surface area contributed by atoms with Crippen LogP contribution < -0.4 is 5.32 Å². The summed E-state index contributed by atoms with van der Waals surface area (Å²) in [6.07, 6.45) is 5.30. The highest BCUT2D eigenvalue weighted by atomic mass is 15.1. The molecule has 2 aromatic heterocycles. The summed E-state index contributed by atoms with van der Waals surface area (Å²) in [5.74, 6) is 0.729. The summed E-state index contributed by atoms with van der Waals surface area (Å²) in [5.41, 5.74) is 2.92. The maximum atomic E-state index is 4.35. The molecule has 0 unspecified atom stereocenters. The first-order chi connectivity index (χ1) is 9.42. The van der Waals surface area contributed by atoms with Crippen LogP contribution in [-0.2, 0) is 6.54 Å². The zero-order valence-corrected chi connectivity index (χ0v) is 10.2. The molecule has 19 heavy (non-hydrogen) atoms. The zero-order chi connectivity index (χ0) is 12.9. The number of nitrogens with one attached hydrogen (secondary N) is 2. The number of benzene rings is 1. The van der Waals surface area contributed by atoms with Gasteiger partial charge in [-0.1, -0.05) is 30.3 Å². The van der Waals surface area contributed by atoms with Crippen molar-refractivity contribution in [1.82, 2.24) is 20.2 Å². The van der Waals surface area contributed by atoms with E-state index in [1.165, 1.54) is 0 Å². The Labute approximate surface area is 110 Å². The highest BCUT2D eigenvalue weighted by molar-refractivity contribution is 5.55. The van der Waals surface area contributed by atoms with E-state index in [4.69, 9.17) is 0 Å². The molecule has 3 aromatic rings. The predicted molar refractivity (Wildman–Crippen MR) is 73.4 cm³/mol. The molecule has 0 saturated heterocycles. The second-order valence-corrected chi connectivity index (χ2v) is 4.10. The number of aromatic amines is 1. The van der Waals surface area contributed by atoms with Gasteiger partial charge in [0.05, 0.1) is 30.3 Å². The lowest BCUT2D eigenvalue weighted by molar-refractivity contribution is 0.977. The minimum absolute atomic E-state index is 0.675. The molecule has 5 nitrogen and oxygen atoms in total. The van der Waals surface area contributed by atoms with Gasteiger partial charge in [-0.05, 0) is 6.07 Å². The van der Waals surface area contributed by atoms with Gasteiger partial charge in [0.2, 0.25) is 0 Å². The summed E-state index contributed by atoms with van der Waals surface area (Å²) in [6.45, 7) is 0.675. The molecular formula is C14H13N5. The van der Waals surface area contributed by atoms with Gasteiger partial charge >= 0.3 is 0 Å². The van der Waals surface area contributed by atoms with Crippen LogP contribution in [0.1, 0.15) is 5.69 Å². The van der Waals surface area contributed by atoms with Crippen LogP contribution in [0, 0.1) is 0 Å². The molecule has 0 amide bonds. The maximum Gasteiger partial charge on any atom is 0.159 e. The summed E-state index contributed by atoms with van der Waals surface area (Å²) < 4.78 is 0. The van der Waals surface area contributed by atoms with E-state index in [-0.39, 0.29) is 0 Å². The van der Waals surface area contributed by atoms with Crippen molar-refractivity contribution in [3.8, 4) is 11.4 Å². The van der Waals surface area contributed by atoms with Crippen LogP contribution in [-0.4, -0.2) is 20.2 Å². The zero-order valence-electron chi connectivity index (χ0n) is 10.2. The lowest BCUT2D eigenvalue weighted by Crippen LogP contribution is -2.01. The molecule has 0 spiro atoms. The van der Waals surface area contributed by atoms with Crippen molar-refractivity contribution in [1.29, 1.82) is 0 Å². The Morgan fingerprint density at radius 1 is 1.00 bits per heavy atom. The third-order valence-electron chi connectivity index (χ3n) is 2.73. The molecule has 2 N–H and O–H groups in total. The van der Waals surface area contributed by atoms with E-state index in [1.54, 1.807) is 18.6 Å². The molecule has 0 aliphatic heterocycles. The van der Waals surface area contributed by atoms with Crippen LogP contribution >= 0.6 is 0 Å². The van der Waals surface area contributed by atoms with E-state index in [1.807, 2.05) is 36.4 Å². The number of H-pyrrole nitrogens is 1. The number of hydrogen-bond donors (Lipinski definition) is 2. The summed E-state index contributed by atoms with van der Waals surface area (Å²) >= 11 is 0. The van der Waals surface area contributed by atoms with Gasteiger partial charge < -0.3 is 5.32 Å². The standard InChI is InChI=1S/C14H13N5/c1-2-4-11(5-3-1)14-16-9-13(10-17-14)15-8-12-6-7-18-19-12/h1-7,9-10,15H,8H2,(H,18,19). The van der Waals surface area contributed by atoms with Gasteiger partial charge in [0, 0.05) is 11.8 Å². The molecule has 0 bridgehead atoms. The van der Waals surface area contributed by atoms with Gasteiger partial charge in [0.15, 0.2) is 5.82 Å². The summed E-state index contributed by atoms with van der Waals surface area (Å²) in [6, 6.07) is 11.8. The fraction of sp³-hybridized carbons (Fsp3) is 0.0714. The Balaban J connectivity index is 1.69. The van der Waals surface area contributed by atoms with Crippen molar-refractivity contribution >= 4 is 5.69 Å². The van der Waals surface area contributed by atoms with Crippen LogP contribution in [0.25, 0.3) is 11.4 Å². The van der Waals surface area contributed by atoms with E-state index in [2.05, 4.69) is 25.5 Å². The van der Waals surface area contributed by atoms with Crippen LogP contribution in [0.5, 0.6) is 0 Å².